The zero-order valence-corrected chi connectivity index (χ0v) is 13.0. The third kappa shape index (κ3) is 3.29. The Balaban J connectivity index is 1.65. The van der Waals surface area contributed by atoms with E-state index in [1.165, 1.54) is 12.0 Å². The molecule has 0 bridgehead atoms. The van der Waals surface area contributed by atoms with Crippen molar-refractivity contribution in [3.8, 4) is 0 Å². The number of likely N-dealkylation sites (tertiary alicyclic amines) is 1. The van der Waals surface area contributed by atoms with Gasteiger partial charge in [-0.1, -0.05) is 30.3 Å². The third-order valence-corrected chi connectivity index (χ3v) is 4.95. The highest BCUT2D eigenvalue weighted by molar-refractivity contribution is 5.15. The first-order valence-electron chi connectivity index (χ1n) is 8.05. The molecule has 2 aliphatic heterocycles. The topological polar surface area (TPSA) is 41.7 Å². The van der Waals surface area contributed by atoms with Crippen LogP contribution in [0.3, 0.4) is 0 Å². The Morgan fingerprint density at radius 3 is 2.81 bits per heavy atom. The van der Waals surface area contributed by atoms with Gasteiger partial charge in [-0.3, -0.25) is 9.80 Å². The molecule has 1 aromatic carbocycles. The van der Waals surface area contributed by atoms with Gasteiger partial charge in [-0.2, -0.15) is 0 Å². The average Bonchev–Trinajstić information content (AvgIpc) is 2.93. The molecule has 2 heterocycles. The summed E-state index contributed by atoms with van der Waals surface area (Å²) in [4.78, 5) is 5.12. The summed E-state index contributed by atoms with van der Waals surface area (Å²) < 4.78 is 5.68. The highest BCUT2D eigenvalue weighted by atomic mass is 16.5. The van der Waals surface area contributed by atoms with E-state index in [0.717, 1.165) is 45.9 Å². The minimum absolute atomic E-state index is 0.146. The molecule has 2 N–H and O–H groups in total. The van der Waals surface area contributed by atoms with E-state index in [1.807, 2.05) is 0 Å². The van der Waals surface area contributed by atoms with E-state index in [9.17, 15) is 0 Å². The summed E-state index contributed by atoms with van der Waals surface area (Å²) in [5, 5.41) is 0. The minimum atomic E-state index is 0.146. The fourth-order valence-electron chi connectivity index (χ4n) is 3.72. The number of benzene rings is 1. The summed E-state index contributed by atoms with van der Waals surface area (Å²) in [6.07, 6.45) is 1.49. The van der Waals surface area contributed by atoms with Crippen LogP contribution in [-0.2, 0) is 11.3 Å². The summed E-state index contributed by atoms with van der Waals surface area (Å²) in [6, 6.07) is 10.7. The Labute approximate surface area is 127 Å². The number of morpholine rings is 1. The van der Waals surface area contributed by atoms with Crippen LogP contribution >= 0.6 is 0 Å². The van der Waals surface area contributed by atoms with E-state index in [1.54, 1.807) is 0 Å². The molecule has 2 saturated heterocycles. The summed E-state index contributed by atoms with van der Waals surface area (Å²) >= 11 is 0. The molecular formula is C17H27N3O. The normalized spacial score (nSPS) is 31.6. The maximum Gasteiger partial charge on any atom is 0.0674 e. The van der Waals surface area contributed by atoms with Crippen molar-refractivity contribution in [2.75, 3.05) is 39.3 Å². The number of ether oxygens (including phenoxy) is 1. The van der Waals surface area contributed by atoms with E-state index >= 15 is 0 Å². The molecule has 21 heavy (non-hydrogen) atoms. The van der Waals surface area contributed by atoms with E-state index in [2.05, 4.69) is 47.1 Å². The fourth-order valence-corrected chi connectivity index (χ4v) is 3.72. The van der Waals surface area contributed by atoms with E-state index < -0.39 is 0 Å². The number of hydrogen-bond donors (Lipinski definition) is 1. The molecule has 2 aliphatic rings. The number of nitrogens with zero attached hydrogens (tertiary/aromatic N) is 2. The van der Waals surface area contributed by atoms with Crippen molar-refractivity contribution in [3.63, 3.8) is 0 Å². The first-order chi connectivity index (χ1) is 10.2. The first-order valence-corrected chi connectivity index (χ1v) is 8.05. The lowest BCUT2D eigenvalue weighted by molar-refractivity contribution is -0.0580. The maximum atomic E-state index is 6.19. The van der Waals surface area contributed by atoms with Crippen LogP contribution in [0.15, 0.2) is 30.3 Å². The van der Waals surface area contributed by atoms with Gasteiger partial charge in [0.25, 0.3) is 0 Å². The molecule has 0 aliphatic carbocycles. The van der Waals surface area contributed by atoms with Gasteiger partial charge in [0.05, 0.1) is 12.7 Å². The number of hydrogen-bond acceptors (Lipinski definition) is 4. The van der Waals surface area contributed by atoms with E-state index in [0.29, 0.717) is 6.10 Å². The highest BCUT2D eigenvalue weighted by Crippen LogP contribution is 2.29. The molecule has 116 valence electrons. The predicted molar refractivity (Wildman–Crippen MR) is 85.1 cm³/mol. The Bertz CT molecular complexity index is 453. The van der Waals surface area contributed by atoms with Crippen LogP contribution < -0.4 is 5.73 Å². The summed E-state index contributed by atoms with van der Waals surface area (Å²) in [7, 11) is 0. The van der Waals surface area contributed by atoms with Crippen LogP contribution in [0.2, 0.25) is 0 Å². The Hall–Kier alpha value is -0.940. The molecule has 2 atom stereocenters. The average molecular weight is 289 g/mol. The number of nitrogens with two attached hydrogens (primary N) is 1. The van der Waals surface area contributed by atoms with Gasteiger partial charge in [0.1, 0.15) is 0 Å². The van der Waals surface area contributed by atoms with Gasteiger partial charge in [-0.05, 0) is 18.9 Å². The largest absolute Gasteiger partial charge is 0.376 e. The molecular weight excluding hydrogens is 262 g/mol. The summed E-state index contributed by atoms with van der Waals surface area (Å²) in [6.45, 7) is 9.00. The standard InChI is InChI=1S/C17H27N3O/c1-15-11-20(9-10-21-15)17(13-18)7-8-19(14-17)12-16-5-3-2-4-6-16/h2-6,15H,7-14,18H2,1H3. The molecule has 0 radical (unpaired) electrons. The molecule has 3 rings (SSSR count). The molecule has 0 aromatic heterocycles. The second kappa shape index (κ2) is 6.44. The van der Waals surface area contributed by atoms with Crippen molar-refractivity contribution in [1.29, 1.82) is 0 Å². The lowest BCUT2D eigenvalue weighted by Gasteiger charge is -2.44. The van der Waals surface area contributed by atoms with E-state index in [4.69, 9.17) is 10.5 Å². The zero-order chi connectivity index (χ0) is 14.7. The Morgan fingerprint density at radius 2 is 2.10 bits per heavy atom. The smallest absolute Gasteiger partial charge is 0.0674 e. The molecule has 0 saturated carbocycles. The summed E-state index contributed by atoms with van der Waals surface area (Å²) in [5.74, 6) is 0. The molecule has 4 nitrogen and oxygen atoms in total. The highest BCUT2D eigenvalue weighted by Gasteiger charge is 2.43. The second-order valence-corrected chi connectivity index (χ2v) is 6.50. The van der Waals surface area contributed by atoms with Crippen molar-refractivity contribution in [2.24, 2.45) is 5.73 Å². The number of rotatable bonds is 4. The first kappa shape index (κ1) is 15.0. The van der Waals surface area contributed by atoms with Gasteiger partial charge in [-0.15, -0.1) is 0 Å². The van der Waals surface area contributed by atoms with Crippen LogP contribution in [0, 0.1) is 0 Å². The lowest BCUT2D eigenvalue weighted by atomic mass is 9.95. The molecule has 0 amide bonds. The third-order valence-electron chi connectivity index (χ3n) is 4.95. The van der Waals surface area contributed by atoms with E-state index in [-0.39, 0.29) is 5.54 Å². The molecule has 0 spiro atoms. The molecule has 2 unspecified atom stereocenters. The minimum Gasteiger partial charge on any atom is -0.376 e. The molecule has 4 heteroatoms. The van der Waals surface area contributed by atoms with Gasteiger partial charge >= 0.3 is 0 Å². The van der Waals surface area contributed by atoms with Crippen molar-refractivity contribution < 1.29 is 4.74 Å². The quantitative estimate of drug-likeness (QED) is 0.907. The SMILES string of the molecule is CC1CN(C2(CN)CCN(Cc3ccccc3)C2)CCO1. The Morgan fingerprint density at radius 1 is 1.29 bits per heavy atom. The maximum absolute atomic E-state index is 6.19. The van der Waals surface area contributed by atoms with Gasteiger partial charge in [0.2, 0.25) is 0 Å². The molecule has 1 aromatic rings. The van der Waals surface area contributed by atoms with Crippen LogP contribution in [0.25, 0.3) is 0 Å². The van der Waals surface area contributed by atoms with Gasteiger partial charge in [0, 0.05) is 44.8 Å². The van der Waals surface area contributed by atoms with Crippen LogP contribution in [0.1, 0.15) is 18.9 Å². The Kier molecular flexibility index (Phi) is 4.60. The lowest BCUT2D eigenvalue weighted by Crippen LogP contribution is -2.60. The van der Waals surface area contributed by atoms with Crippen LogP contribution in [-0.4, -0.2) is 60.8 Å². The predicted octanol–water partition coefficient (Wildman–Crippen LogP) is 1.31. The van der Waals surface area contributed by atoms with Gasteiger partial charge in [-0.25, -0.2) is 0 Å². The summed E-state index contributed by atoms with van der Waals surface area (Å²) in [5.41, 5.74) is 7.73. The van der Waals surface area contributed by atoms with Gasteiger partial charge < -0.3 is 10.5 Å². The second-order valence-electron chi connectivity index (χ2n) is 6.50. The van der Waals surface area contributed by atoms with Gasteiger partial charge in [0.15, 0.2) is 0 Å². The fraction of sp³-hybridized carbons (Fsp3) is 0.647. The zero-order valence-electron chi connectivity index (χ0n) is 13.0. The van der Waals surface area contributed by atoms with Crippen molar-refractivity contribution in [1.82, 2.24) is 9.80 Å². The van der Waals surface area contributed by atoms with Crippen molar-refractivity contribution >= 4 is 0 Å². The van der Waals surface area contributed by atoms with Crippen molar-refractivity contribution in [3.05, 3.63) is 35.9 Å². The monoisotopic (exact) mass is 289 g/mol. The van der Waals surface area contributed by atoms with Crippen LogP contribution in [0.4, 0.5) is 0 Å². The molecule has 2 fully saturated rings. The van der Waals surface area contributed by atoms with Crippen molar-refractivity contribution in [2.45, 2.75) is 31.5 Å². The van der Waals surface area contributed by atoms with Crippen LogP contribution in [0.5, 0.6) is 0 Å².